The van der Waals surface area contributed by atoms with E-state index in [0.29, 0.717) is 64.3 Å². The van der Waals surface area contributed by atoms with Gasteiger partial charge in [-0.05, 0) is 105 Å². The van der Waals surface area contributed by atoms with E-state index in [0.717, 1.165) is 35.0 Å². The molecule has 312 valence electrons. The number of amides is 3. The summed E-state index contributed by atoms with van der Waals surface area (Å²) in [5.74, 6) is -0.231. The van der Waals surface area contributed by atoms with Crippen molar-refractivity contribution in [3.8, 4) is 0 Å². The summed E-state index contributed by atoms with van der Waals surface area (Å²) in [6, 6.07) is 9.90. The predicted molar refractivity (Wildman–Crippen MR) is 218 cm³/mol. The Labute approximate surface area is 337 Å². The van der Waals surface area contributed by atoms with Crippen LogP contribution in [0, 0.1) is 5.92 Å². The molecule has 0 bridgehead atoms. The molecule has 3 aromatic rings. The van der Waals surface area contributed by atoms with Gasteiger partial charge in [0.1, 0.15) is 35.1 Å². The van der Waals surface area contributed by atoms with Crippen LogP contribution < -0.4 is 5.73 Å². The monoisotopic (exact) mass is 789 g/mol. The molecule has 2 aromatic heterocycles. The molecule has 4 heterocycles. The molecule has 6 rings (SSSR count). The van der Waals surface area contributed by atoms with Crippen LogP contribution in [0.4, 0.5) is 15.4 Å². The predicted octanol–water partition coefficient (Wildman–Crippen LogP) is 6.93. The molecule has 2 N–H and O–H groups in total. The number of nitrogens with two attached hydrogens (primary N) is 1. The van der Waals surface area contributed by atoms with Gasteiger partial charge in [-0.3, -0.25) is 4.79 Å². The molecule has 1 saturated carbocycles. The molecule has 14 heteroatoms. The van der Waals surface area contributed by atoms with Crippen molar-refractivity contribution in [2.24, 2.45) is 5.92 Å². The van der Waals surface area contributed by atoms with Crippen molar-refractivity contribution in [2.45, 2.75) is 136 Å². The fourth-order valence-electron chi connectivity index (χ4n) is 8.56. The van der Waals surface area contributed by atoms with Crippen LogP contribution in [0.2, 0.25) is 0 Å². The number of aromatic nitrogens is 3. The minimum atomic E-state index is -0.838. The third-order valence-corrected chi connectivity index (χ3v) is 11.1. The highest BCUT2D eigenvalue weighted by atomic mass is 16.8. The largest absolute Gasteiger partial charge is 0.444 e. The number of fused-ring (bicyclic) bond motifs is 2. The molecule has 2 aliphatic heterocycles. The zero-order valence-electron chi connectivity index (χ0n) is 35.3. The Morgan fingerprint density at radius 2 is 1.51 bits per heavy atom. The number of hydrogen-bond acceptors (Lipinski definition) is 10. The minimum absolute atomic E-state index is 0.0895. The first-order chi connectivity index (χ1) is 26.8. The van der Waals surface area contributed by atoms with Crippen molar-refractivity contribution in [1.82, 2.24) is 29.2 Å². The first-order valence-electron chi connectivity index (χ1n) is 20.5. The molecule has 3 amide bonds. The molecule has 0 spiro atoms. The van der Waals surface area contributed by atoms with E-state index in [9.17, 15) is 14.4 Å². The number of carbonyl (C=O) groups is 3. The molecule has 3 fully saturated rings. The average Bonchev–Trinajstić information content (AvgIpc) is 3.77. The average molecular weight is 790 g/mol. The van der Waals surface area contributed by atoms with Crippen LogP contribution in [0.3, 0.4) is 0 Å². The van der Waals surface area contributed by atoms with Crippen molar-refractivity contribution in [2.75, 3.05) is 45.0 Å². The summed E-state index contributed by atoms with van der Waals surface area (Å²) in [6.07, 6.45) is 5.74. The Kier molecular flexibility index (Phi) is 12.4. The van der Waals surface area contributed by atoms with Gasteiger partial charge in [0.15, 0.2) is 5.79 Å². The van der Waals surface area contributed by atoms with Crippen LogP contribution in [0.25, 0.3) is 11.0 Å². The summed E-state index contributed by atoms with van der Waals surface area (Å²) in [7, 11) is 0. The van der Waals surface area contributed by atoms with Gasteiger partial charge in [0.2, 0.25) is 5.91 Å². The minimum Gasteiger partial charge on any atom is -0.444 e. The van der Waals surface area contributed by atoms with E-state index in [4.69, 9.17) is 29.7 Å². The number of nitrogens with zero attached hydrogens (tertiary/aromatic N) is 6. The first-order valence-corrected chi connectivity index (χ1v) is 20.5. The van der Waals surface area contributed by atoms with Crippen molar-refractivity contribution < 1.29 is 33.3 Å². The van der Waals surface area contributed by atoms with Gasteiger partial charge in [-0.25, -0.2) is 19.6 Å². The summed E-state index contributed by atoms with van der Waals surface area (Å²) >= 11 is 0. The lowest BCUT2D eigenvalue weighted by Gasteiger charge is -2.32. The summed E-state index contributed by atoms with van der Waals surface area (Å²) in [5.41, 5.74) is 8.17. The molecule has 57 heavy (non-hydrogen) atoms. The lowest BCUT2D eigenvalue weighted by Crippen LogP contribution is -2.44. The molecule has 0 radical (unpaired) electrons. The molecular formula is C43H63N7O7. The third kappa shape index (κ3) is 10.4. The van der Waals surface area contributed by atoms with Crippen molar-refractivity contribution in [3.05, 3.63) is 54.0 Å². The van der Waals surface area contributed by atoms with Crippen LogP contribution in [0.15, 0.2) is 42.9 Å². The van der Waals surface area contributed by atoms with E-state index in [1.54, 1.807) is 16.7 Å². The zero-order valence-corrected chi connectivity index (χ0v) is 35.3. The second-order valence-electron chi connectivity index (χ2n) is 18.3. The van der Waals surface area contributed by atoms with E-state index in [-0.39, 0.29) is 42.1 Å². The molecule has 0 unspecified atom stereocenters. The van der Waals surface area contributed by atoms with Crippen molar-refractivity contribution >= 4 is 34.9 Å². The number of benzene rings is 1. The normalized spacial score (nSPS) is 22.4. The first kappa shape index (κ1) is 42.2. The summed E-state index contributed by atoms with van der Waals surface area (Å²) in [4.78, 5) is 54.0. The SMILES string of the molecule is CC(=O)N1CCC(c2cn([C@@H]3C[C@H](CN(CCCN(CCc4ccccc4)C(=O)OC(C)(C)C)C(=O)OC(C)(C)C)[C@H]4OC(C)(C)O[C@H]43)c3ncnc(N)c23)CC1. The Bertz CT molecular complexity index is 1880. The van der Waals surface area contributed by atoms with Gasteiger partial charge in [-0.15, -0.1) is 0 Å². The molecular weight excluding hydrogens is 727 g/mol. The number of nitrogen functional groups attached to an aromatic ring is 1. The highest BCUT2D eigenvalue weighted by molar-refractivity contribution is 5.90. The van der Waals surface area contributed by atoms with Crippen molar-refractivity contribution in [3.63, 3.8) is 0 Å². The van der Waals surface area contributed by atoms with Gasteiger partial charge >= 0.3 is 12.2 Å². The quantitative estimate of drug-likeness (QED) is 0.216. The van der Waals surface area contributed by atoms with Gasteiger partial charge in [-0.2, -0.15) is 0 Å². The standard InChI is InChI=1S/C43H63N7O7/c1-28(51)47-22-17-30(18-23-47)32-26-50(38-34(32)37(44)45-27-46-38)33-24-31(35-36(33)55-43(8,9)54-35)25-49(40(53)57-42(5,6)7)20-13-19-48(39(52)56-41(2,3)4)21-16-29-14-11-10-12-15-29/h10-12,14-15,26-27,30-31,33,35-36H,13,16-25H2,1-9H3,(H2,44,45,46)/t31-,33-,35-,36+/m1/s1. The summed E-state index contributed by atoms with van der Waals surface area (Å²) in [6.45, 7) is 19.6. The van der Waals surface area contributed by atoms with E-state index in [1.165, 1.54) is 6.33 Å². The Morgan fingerprint density at radius 3 is 2.14 bits per heavy atom. The molecule has 4 atom stereocenters. The van der Waals surface area contributed by atoms with Crippen LogP contribution in [0.1, 0.15) is 111 Å². The highest BCUT2D eigenvalue weighted by Crippen LogP contribution is 2.49. The van der Waals surface area contributed by atoms with E-state index in [1.807, 2.05) is 90.6 Å². The molecule has 14 nitrogen and oxygen atoms in total. The lowest BCUT2D eigenvalue weighted by atomic mass is 9.89. The van der Waals surface area contributed by atoms with Gasteiger partial charge < -0.3 is 43.9 Å². The summed E-state index contributed by atoms with van der Waals surface area (Å²) < 4.78 is 27.2. The number of carbonyl (C=O) groups excluding carboxylic acids is 3. The number of anilines is 1. The van der Waals surface area contributed by atoms with Gasteiger partial charge in [0.25, 0.3) is 0 Å². The second kappa shape index (κ2) is 16.8. The van der Waals surface area contributed by atoms with Gasteiger partial charge in [0, 0.05) is 58.3 Å². The zero-order chi connectivity index (χ0) is 41.3. The fourth-order valence-corrected chi connectivity index (χ4v) is 8.56. The number of ether oxygens (including phenoxy) is 4. The molecule has 3 aliphatic rings. The van der Waals surface area contributed by atoms with Crippen LogP contribution in [-0.2, 0) is 30.2 Å². The fraction of sp³-hybridized carbons (Fsp3) is 0.651. The maximum absolute atomic E-state index is 13.9. The Morgan fingerprint density at radius 1 is 0.895 bits per heavy atom. The summed E-state index contributed by atoms with van der Waals surface area (Å²) in [5, 5.41) is 0.842. The maximum Gasteiger partial charge on any atom is 0.410 e. The second-order valence-corrected chi connectivity index (χ2v) is 18.3. The van der Waals surface area contributed by atoms with Crippen LogP contribution >= 0.6 is 0 Å². The van der Waals surface area contributed by atoms with E-state index >= 15 is 0 Å². The number of rotatable bonds is 11. The van der Waals surface area contributed by atoms with Crippen molar-refractivity contribution in [1.29, 1.82) is 0 Å². The van der Waals surface area contributed by atoms with Crippen LogP contribution in [-0.4, -0.2) is 116 Å². The topological polar surface area (TPSA) is 155 Å². The Balaban J connectivity index is 1.24. The maximum atomic E-state index is 13.9. The molecule has 2 saturated heterocycles. The van der Waals surface area contributed by atoms with Gasteiger partial charge in [-0.1, -0.05) is 30.3 Å². The third-order valence-electron chi connectivity index (χ3n) is 11.1. The molecule has 1 aliphatic carbocycles. The number of likely N-dealkylation sites (tertiary alicyclic amines) is 1. The van der Waals surface area contributed by atoms with E-state index < -0.39 is 23.1 Å². The smallest absolute Gasteiger partial charge is 0.410 e. The Hall–Kier alpha value is -4.43. The highest BCUT2D eigenvalue weighted by Gasteiger charge is 2.55. The van der Waals surface area contributed by atoms with Crippen LogP contribution in [0.5, 0.6) is 0 Å². The number of piperidine rings is 1. The van der Waals surface area contributed by atoms with Gasteiger partial charge in [0.05, 0.1) is 17.5 Å². The lowest BCUT2D eigenvalue weighted by molar-refractivity contribution is -0.160. The molecule has 1 aromatic carbocycles. The number of hydrogen-bond donors (Lipinski definition) is 1. The van der Waals surface area contributed by atoms with E-state index in [2.05, 4.69) is 15.7 Å².